The number of rotatable bonds is 5. The van der Waals surface area contributed by atoms with E-state index in [1.54, 1.807) is 11.0 Å². The number of benzene rings is 2. The fourth-order valence-corrected chi connectivity index (χ4v) is 4.68. The van der Waals surface area contributed by atoms with E-state index < -0.39 is 23.2 Å². The normalized spacial score (nSPS) is 17.6. The summed E-state index contributed by atoms with van der Waals surface area (Å²) >= 11 is 0. The number of ether oxygens (including phenoxy) is 1. The molecule has 0 atom stereocenters. The van der Waals surface area contributed by atoms with E-state index in [1.165, 1.54) is 12.1 Å². The number of nitrogens with two attached hydrogens (primary N) is 1. The molecular weight excluding hydrogens is 447 g/mol. The number of primary amides is 1. The number of anilines is 1. The van der Waals surface area contributed by atoms with E-state index in [9.17, 15) is 22.8 Å². The molecule has 2 aliphatic heterocycles. The van der Waals surface area contributed by atoms with Gasteiger partial charge >= 0.3 is 6.18 Å². The van der Waals surface area contributed by atoms with Crippen LogP contribution in [0.2, 0.25) is 0 Å². The van der Waals surface area contributed by atoms with Gasteiger partial charge in [-0.05, 0) is 29.8 Å². The number of para-hydroxylation sites is 2. The van der Waals surface area contributed by atoms with Crippen molar-refractivity contribution in [2.75, 3.05) is 24.5 Å². The molecule has 0 bridgehead atoms. The summed E-state index contributed by atoms with van der Waals surface area (Å²) in [7, 11) is 0. The average molecular weight is 476 g/mol. The van der Waals surface area contributed by atoms with Crippen molar-refractivity contribution in [3.8, 4) is 5.75 Å². The van der Waals surface area contributed by atoms with Crippen molar-refractivity contribution < 1.29 is 27.5 Å². The Bertz CT molecular complexity index is 1050. The molecule has 2 amide bonds. The first-order chi connectivity index (χ1) is 16.2. The number of hydrogen-bond donors (Lipinski definition) is 1. The minimum atomic E-state index is -4.39. The maximum atomic E-state index is 13.2. The molecule has 6 nitrogen and oxygen atoms in total. The number of hydrogen-bond acceptors (Lipinski definition) is 4. The third kappa shape index (κ3) is 5.46. The van der Waals surface area contributed by atoms with E-state index in [4.69, 9.17) is 10.5 Å². The first-order valence-electron chi connectivity index (χ1n) is 11.4. The van der Waals surface area contributed by atoms with Crippen LogP contribution in [0, 0.1) is 0 Å². The molecule has 0 radical (unpaired) electrons. The largest absolute Gasteiger partial charge is 0.485 e. The minimum Gasteiger partial charge on any atom is -0.485 e. The van der Waals surface area contributed by atoms with Crippen molar-refractivity contribution in [2.45, 2.75) is 50.4 Å². The molecule has 2 aromatic carbocycles. The van der Waals surface area contributed by atoms with Gasteiger partial charge in [0.2, 0.25) is 11.8 Å². The summed E-state index contributed by atoms with van der Waals surface area (Å²) in [6, 6.07) is 13.0. The molecule has 2 aromatic rings. The molecule has 0 unspecified atom stereocenters. The molecule has 0 saturated carbocycles. The number of likely N-dealkylation sites (tertiary alicyclic amines) is 1. The Morgan fingerprint density at radius 2 is 1.68 bits per heavy atom. The Kier molecular flexibility index (Phi) is 6.72. The van der Waals surface area contributed by atoms with Gasteiger partial charge in [0.15, 0.2) is 0 Å². The third-order valence-electron chi connectivity index (χ3n) is 6.61. The average Bonchev–Trinajstić information content (AvgIpc) is 2.95. The van der Waals surface area contributed by atoms with Gasteiger partial charge in [0.1, 0.15) is 11.4 Å². The van der Waals surface area contributed by atoms with E-state index in [0.29, 0.717) is 56.8 Å². The predicted molar refractivity (Wildman–Crippen MR) is 121 cm³/mol. The number of halogens is 3. The Morgan fingerprint density at radius 1 is 0.971 bits per heavy atom. The molecule has 2 aliphatic rings. The summed E-state index contributed by atoms with van der Waals surface area (Å²) in [5.41, 5.74) is 5.46. The standard InChI is InChI=1S/C25H28F3N3O3/c26-25(27,28)19-5-3-4-18(16-19)17-31-15-12-24(34-21-7-2-1-6-20(21)31)10-13-30(14-11-24)23(33)9-8-22(29)32/h1-7,16H,8-15,17H2,(H2,29,32). The highest BCUT2D eigenvalue weighted by Gasteiger charge is 2.40. The van der Waals surface area contributed by atoms with Gasteiger partial charge in [0.25, 0.3) is 0 Å². The van der Waals surface area contributed by atoms with Crippen LogP contribution in [-0.2, 0) is 22.3 Å². The maximum Gasteiger partial charge on any atom is 0.416 e. The fourth-order valence-electron chi connectivity index (χ4n) is 4.68. The number of piperidine rings is 1. The van der Waals surface area contributed by atoms with Gasteiger partial charge in [-0.25, -0.2) is 0 Å². The van der Waals surface area contributed by atoms with Gasteiger partial charge in [-0.2, -0.15) is 13.2 Å². The highest BCUT2D eigenvalue weighted by atomic mass is 19.4. The van der Waals surface area contributed by atoms with Gasteiger partial charge < -0.3 is 20.3 Å². The number of amides is 2. The van der Waals surface area contributed by atoms with Gasteiger partial charge in [0.05, 0.1) is 11.3 Å². The highest BCUT2D eigenvalue weighted by molar-refractivity contribution is 5.83. The number of carbonyl (C=O) groups excluding carboxylic acids is 2. The van der Waals surface area contributed by atoms with Gasteiger partial charge in [-0.15, -0.1) is 0 Å². The first kappa shape index (κ1) is 23.9. The molecule has 1 fully saturated rings. The van der Waals surface area contributed by atoms with Gasteiger partial charge in [0, 0.05) is 58.3 Å². The Balaban J connectivity index is 1.48. The lowest BCUT2D eigenvalue weighted by molar-refractivity contribution is -0.137. The van der Waals surface area contributed by atoms with E-state index in [2.05, 4.69) is 4.90 Å². The number of fused-ring (bicyclic) bond motifs is 1. The molecule has 4 rings (SSSR count). The number of nitrogens with zero attached hydrogens (tertiary/aromatic N) is 2. The SMILES string of the molecule is NC(=O)CCC(=O)N1CCC2(CC1)CCN(Cc1cccc(C(F)(F)F)c1)c1ccccc1O2. The zero-order chi connectivity index (χ0) is 24.3. The lowest BCUT2D eigenvalue weighted by Crippen LogP contribution is -2.50. The molecule has 1 saturated heterocycles. The van der Waals surface area contributed by atoms with Crippen LogP contribution in [0.25, 0.3) is 0 Å². The summed E-state index contributed by atoms with van der Waals surface area (Å²) in [5.74, 6) is 0.112. The zero-order valence-electron chi connectivity index (χ0n) is 18.8. The van der Waals surface area contributed by atoms with Crippen LogP contribution in [0.3, 0.4) is 0 Å². The molecule has 2 heterocycles. The number of alkyl halides is 3. The minimum absolute atomic E-state index is 0.0366. The summed E-state index contributed by atoms with van der Waals surface area (Å²) in [6.45, 7) is 1.99. The predicted octanol–water partition coefficient (Wildman–Crippen LogP) is 4.12. The van der Waals surface area contributed by atoms with Crippen molar-refractivity contribution in [3.63, 3.8) is 0 Å². The van der Waals surface area contributed by atoms with Crippen molar-refractivity contribution >= 4 is 17.5 Å². The van der Waals surface area contributed by atoms with Crippen LogP contribution in [0.15, 0.2) is 48.5 Å². The molecule has 0 aliphatic carbocycles. The van der Waals surface area contributed by atoms with Crippen LogP contribution in [-0.4, -0.2) is 41.9 Å². The number of carbonyl (C=O) groups is 2. The van der Waals surface area contributed by atoms with Crippen molar-refractivity contribution in [3.05, 3.63) is 59.7 Å². The summed E-state index contributed by atoms with van der Waals surface area (Å²) in [5, 5.41) is 0. The first-order valence-corrected chi connectivity index (χ1v) is 11.4. The molecule has 0 aromatic heterocycles. The lowest BCUT2D eigenvalue weighted by atomic mass is 9.87. The van der Waals surface area contributed by atoms with E-state index in [1.807, 2.05) is 24.3 Å². The summed E-state index contributed by atoms with van der Waals surface area (Å²) < 4.78 is 46.1. The smallest absolute Gasteiger partial charge is 0.416 e. The highest BCUT2D eigenvalue weighted by Crippen LogP contribution is 2.41. The van der Waals surface area contributed by atoms with E-state index in [-0.39, 0.29) is 18.7 Å². The molecular formula is C25H28F3N3O3. The monoisotopic (exact) mass is 475 g/mol. The Hall–Kier alpha value is -3.23. The second-order valence-corrected chi connectivity index (χ2v) is 8.97. The molecule has 34 heavy (non-hydrogen) atoms. The van der Waals surface area contributed by atoms with Gasteiger partial charge in [-0.3, -0.25) is 9.59 Å². The van der Waals surface area contributed by atoms with Crippen LogP contribution in [0.4, 0.5) is 18.9 Å². The van der Waals surface area contributed by atoms with Crippen molar-refractivity contribution in [2.24, 2.45) is 5.73 Å². The zero-order valence-corrected chi connectivity index (χ0v) is 18.8. The summed E-state index contributed by atoms with van der Waals surface area (Å²) in [6.07, 6.45) is -2.28. The van der Waals surface area contributed by atoms with Crippen LogP contribution < -0.4 is 15.4 Å². The molecule has 182 valence electrons. The van der Waals surface area contributed by atoms with Gasteiger partial charge in [-0.1, -0.05) is 24.3 Å². The van der Waals surface area contributed by atoms with Crippen LogP contribution in [0.1, 0.15) is 43.2 Å². The molecule has 9 heteroatoms. The van der Waals surface area contributed by atoms with Crippen molar-refractivity contribution in [1.82, 2.24) is 4.90 Å². The second kappa shape index (κ2) is 9.56. The second-order valence-electron chi connectivity index (χ2n) is 8.97. The third-order valence-corrected chi connectivity index (χ3v) is 6.61. The van der Waals surface area contributed by atoms with Crippen molar-refractivity contribution in [1.29, 1.82) is 0 Å². The molecule has 1 spiro atoms. The Labute approximate surface area is 196 Å². The summed E-state index contributed by atoms with van der Waals surface area (Å²) in [4.78, 5) is 27.2. The topological polar surface area (TPSA) is 75.9 Å². The quantitative estimate of drug-likeness (QED) is 0.706. The van der Waals surface area contributed by atoms with Crippen LogP contribution >= 0.6 is 0 Å². The lowest BCUT2D eigenvalue weighted by Gasteiger charge is -2.41. The molecule has 2 N–H and O–H groups in total. The van der Waals surface area contributed by atoms with Crippen LogP contribution in [0.5, 0.6) is 5.75 Å². The fraction of sp³-hybridized carbons (Fsp3) is 0.440. The van der Waals surface area contributed by atoms with E-state index in [0.717, 1.165) is 11.8 Å². The maximum absolute atomic E-state index is 13.2. The Morgan fingerprint density at radius 3 is 2.38 bits per heavy atom. The van der Waals surface area contributed by atoms with E-state index >= 15 is 0 Å².